The highest BCUT2D eigenvalue weighted by Crippen LogP contribution is 2.35. The zero-order chi connectivity index (χ0) is 18.8. The Morgan fingerprint density at radius 2 is 1.63 bits per heavy atom. The first-order valence-electron chi connectivity index (χ1n) is 9.69. The van der Waals surface area contributed by atoms with Crippen molar-refractivity contribution < 1.29 is 4.74 Å². The van der Waals surface area contributed by atoms with Gasteiger partial charge in [-0.1, -0.05) is 29.8 Å². The highest BCUT2D eigenvalue weighted by molar-refractivity contribution is 5.67. The summed E-state index contributed by atoms with van der Waals surface area (Å²) in [4.78, 5) is 0. The summed E-state index contributed by atoms with van der Waals surface area (Å²) in [6, 6.07) is 16.9. The summed E-state index contributed by atoms with van der Waals surface area (Å²) in [6.45, 7) is 6.48. The van der Waals surface area contributed by atoms with Crippen molar-refractivity contribution in [3.8, 4) is 22.7 Å². The number of rotatable bonds is 4. The van der Waals surface area contributed by atoms with Gasteiger partial charge in [0, 0.05) is 11.5 Å². The van der Waals surface area contributed by atoms with Gasteiger partial charge >= 0.3 is 0 Å². The third-order valence-corrected chi connectivity index (χ3v) is 5.53. The van der Waals surface area contributed by atoms with Gasteiger partial charge in [0.25, 0.3) is 0 Å². The van der Waals surface area contributed by atoms with Crippen molar-refractivity contribution in [2.45, 2.75) is 32.6 Å². The normalized spacial score (nSPS) is 15.1. The predicted molar refractivity (Wildman–Crippen MR) is 110 cm³/mol. The smallest absolute Gasteiger partial charge is 0.119 e. The Morgan fingerprint density at radius 3 is 2.26 bits per heavy atom. The lowest BCUT2D eigenvalue weighted by Gasteiger charge is -2.21. The van der Waals surface area contributed by atoms with Gasteiger partial charge in [0.1, 0.15) is 5.75 Å². The quantitative estimate of drug-likeness (QED) is 0.736. The summed E-state index contributed by atoms with van der Waals surface area (Å²) in [5.41, 5.74) is 7.26. The van der Waals surface area contributed by atoms with Crippen molar-refractivity contribution in [1.82, 2.24) is 15.1 Å². The van der Waals surface area contributed by atoms with E-state index in [2.05, 4.69) is 60.2 Å². The van der Waals surface area contributed by atoms with Crippen LogP contribution in [0.4, 0.5) is 0 Å². The van der Waals surface area contributed by atoms with Crippen LogP contribution in [0.2, 0.25) is 0 Å². The van der Waals surface area contributed by atoms with E-state index in [1.807, 2.05) is 12.1 Å². The Hall–Kier alpha value is -2.59. The standard InChI is InChI=1S/C23H27N3O/c1-16-4-6-19(7-5-16)23-17(2)22(18-12-14-24-15-13-18)25-26(23)20-8-10-21(27-3)11-9-20/h4-11,18,24H,12-15H2,1-3H3. The minimum atomic E-state index is 0.523. The number of nitrogens with zero attached hydrogens (tertiary/aromatic N) is 2. The van der Waals surface area contributed by atoms with E-state index in [1.165, 1.54) is 28.1 Å². The molecule has 4 nitrogen and oxygen atoms in total. The zero-order valence-corrected chi connectivity index (χ0v) is 16.3. The van der Waals surface area contributed by atoms with E-state index in [0.717, 1.165) is 37.4 Å². The molecule has 2 heterocycles. The van der Waals surface area contributed by atoms with Crippen LogP contribution >= 0.6 is 0 Å². The molecule has 2 aromatic carbocycles. The van der Waals surface area contributed by atoms with Crippen LogP contribution in [0.5, 0.6) is 5.75 Å². The van der Waals surface area contributed by atoms with Crippen LogP contribution < -0.4 is 10.1 Å². The van der Waals surface area contributed by atoms with E-state index < -0.39 is 0 Å². The largest absolute Gasteiger partial charge is 0.497 e. The molecule has 140 valence electrons. The van der Waals surface area contributed by atoms with Crippen LogP contribution in [-0.2, 0) is 0 Å². The molecule has 4 rings (SSSR count). The van der Waals surface area contributed by atoms with Gasteiger partial charge in [0.2, 0.25) is 0 Å². The minimum absolute atomic E-state index is 0.523. The monoisotopic (exact) mass is 361 g/mol. The molecule has 0 atom stereocenters. The van der Waals surface area contributed by atoms with Crippen LogP contribution in [0.1, 0.15) is 35.6 Å². The van der Waals surface area contributed by atoms with Gasteiger partial charge in [-0.3, -0.25) is 0 Å². The fourth-order valence-electron chi connectivity index (χ4n) is 3.96. The molecular formula is C23H27N3O. The second kappa shape index (κ2) is 7.57. The molecule has 27 heavy (non-hydrogen) atoms. The van der Waals surface area contributed by atoms with Crippen molar-refractivity contribution in [3.05, 3.63) is 65.4 Å². The fraction of sp³-hybridized carbons (Fsp3) is 0.348. The summed E-state index contributed by atoms with van der Waals surface area (Å²) in [5.74, 6) is 1.38. The van der Waals surface area contributed by atoms with Crippen LogP contribution in [0.25, 0.3) is 16.9 Å². The first-order chi connectivity index (χ1) is 13.2. The van der Waals surface area contributed by atoms with Gasteiger partial charge in [-0.05, 0) is 69.6 Å². The summed E-state index contributed by atoms with van der Waals surface area (Å²) < 4.78 is 7.43. The maximum absolute atomic E-state index is 5.32. The first-order valence-corrected chi connectivity index (χ1v) is 9.69. The minimum Gasteiger partial charge on any atom is -0.497 e. The number of aryl methyl sites for hydroxylation is 1. The highest BCUT2D eigenvalue weighted by atomic mass is 16.5. The number of hydrogen-bond acceptors (Lipinski definition) is 3. The maximum Gasteiger partial charge on any atom is 0.119 e. The van der Waals surface area contributed by atoms with Gasteiger partial charge < -0.3 is 10.1 Å². The molecule has 0 amide bonds. The molecule has 1 fully saturated rings. The average molecular weight is 361 g/mol. The number of nitrogens with one attached hydrogen (secondary N) is 1. The van der Waals surface area contributed by atoms with Crippen LogP contribution in [0, 0.1) is 13.8 Å². The second-order valence-corrected chi connectivity index (χ2v) is 7.36. The molecule has 3 aromatic rings. The summed E-state index contributed by atoms with van der Waals surface area (Å²) in [7, 11) is 1.69. The fourth-order valence-corrected chi connectivity index (χ4v) is 3.96. The van der Waals surface area contributed by atoms with E-state index >= 15 is 0 Å². The molecule has 0 radical (unpaired) electrons. The van der Waals surface area contributed by atoms with E-state index in [-0.39, 0.29) is 0 Å². The summed E-state index contributed by atoms with van der Waals surface area (Å²) in [6.07, 6.45) is 2.29. The Labute approximate surface area is 161 Å². The van der Waals surface area contributed by atoms with Gasteiger partial charge in [0.05, 0.1) is 24.2 Å². The van der Waals surface area contributed by atoms with Crippen molar-refractivity contribution in [2.75, 3.05) is 20.2 Å². The SMILES string of the molecule is COc1ccc(-n2nc(C3CCNCC3)c(C)c2-c2ccc(C)cc2)cc1. The number of methoxy groups -OCH3 is 1. The van der Waals surface area contributed by atoms with Crippen molar-refractivity contribution in [2.24, 2.45) is 0 Å². The molecule has 4 heteroatoms. The molecule has 0 bridgehead atoms. The topological polar surface area (TPSA) is 39.1 Å². The van der Waals surface area contributed by atoms with Crippen LogP contribution in [0.15, 0.2) is 48.5 Å². The number of benzene rings is 2. The van der Waals surface area contributed by atoms with E-state index in [9.17, 15) is 0 Å². The highest BCUT2D eigenvalue weighted by Gasteiger charge is 2.24. The molecule has 0 aliphatic carbocycles. The molecule has 1 saturated heterocycles. The lowest BCUT2D eigenvalue weighted by molar-refractivity contribution is 0.414. The molecule has 0 saturated carbocycles. The van der Waals surface area contributed by atoms with Gasteiger partial charge in [-0.2, -0.15) is 5.10 Å². The van der Waals surface area contributed by atoms with Gasteiger partial charge in [0.15, 0.2) is 0 Å². The Morgan fingerprint density at radius 1 is 0.963 bits per heavy atom. The number of piperidine rings is 1. The Balaban J connectivity index is 1.85. The molecule has 1 aromatic heterocycles. The molecule has 1 N–H and O–H groups in total. The predicted octanol–water partition coefficient (Wildman–Crippen LogP) is 4.63. The molecule has 0 unspecified atom stereocenters. The van der Waals surface area contributed by atoms with Crippen molar-refractivity contribution in [1.29, 1.82) is 0 Å². The van der Waals surface area contributed by atoms with Gasteiger partial charge in [-0.25, -0.2) is 4.68 Å². The second-order valence-electron chi connectivity index (χ2n) is 7.36. The molecule has 0 spiro atoms. The zero-order valence-electron chi connectivity index (χ0n) is 16.3. The third-order valence-electron chi connectivity index (χ3n) is 5.53. The molecular weight excluding hydrogens is 334 g/mol. The number of aromatic nitrogens is 2. The first kappa shape index (κ1) is 17.8. The van der Waals surface area contributed by atoms with Crippen LogP contribution in [0.3, 0.4) is 0 Å². The van der Waals surface area contributed by atoms with Gasteiger partial charge in [-0.15, -0.1) is 0 Å². The summed E-state index contributed by atoms with van der Waals surface area (Å²) >= 11 is 0. The third kappa shape index (κ3) is 3.50. The summed E-state index contributed by atoms with van der Waals surface area (Å²) in [5, 5.41) is 8.57. The number of hydrogen-bond donors (Lipinski definition) is 1. The average Bonchev–Trinajstić information content (AvgIpc) is 3.06. The van der Waals surface area contributed by atoms with Crippen molar-refractivity contribution >= 4 is 0 Å². The van der Waals surface area contributed by atoms with E-state index in [4.69, 9.17) is 9.84 Å². The van der Waals surface area contributed by atoms with E-state index in [1.54, 1.807) is 7.11 Å². The van der Waals surface area contributed by atoms with Crippen molar-refractivity contribution in [3.63, 3.8) is 0 Å². The van der Waals surface area contributed by atoms with E-state index in [0.29, 0.717) is 5.92 Å². The Kier molecular flexibility index (Phi) is 4.99. The lowest BCUT2D eigenvalue weighted by Crippen LogP contribution is -2.27. The van der Waals surface area contributed by atoms with Crippen LogP contribution in [-0.4, -0.2) is 30.0 Å². The Bertz CT molecular complexity index is 904. The molecule has 1 aliphatic heterocycles. The number of ether oxygens (including phenoxy) is 1. The maximum atomic E-state index is 5.32. The molecule has 1 aliphatic rings. The lowest BCUT2D eigenvalue weighted by atomic mass is 9.91.